The van der Waals surface area contributed by atoms with E-state index in [9.17, 15) is 9.59 Å². The van der Waals surface area contributed by atoms with Crippen LogP contribution in [0.1, 0.15) is 55.0 Å². The van der Waals surface area contributed by atoms with Crippen molar-refractivity contribution in [1.29, 1.82) is 0 Å². The molecule has 0 saturated carbocycles. The Balaban J connectivity index is 1.44. The molecule has 1 unspecified atom stereocenters. The minimum Gasteiger partial charge on any atom is -0.489 e. The zero-order valence-corrected chi connectivity index (χ0v) is 22.6. The summed E-state index contributed by atoms with van der Waals surface area (Å²) >= 11 is 0.908. The first-order valence-electron chi connectivity index (χ1n) is 12.1. The molecule has 0 aromatic heterocycles. The number of benzene rings is 2. The van der Waals surface area contributed by atoms with E-state index in [2.05, 4.69) is 52.9 Å². The van der Waals surface area contributed by atoms with Crippen molar-refractivity contribution >= 4 is 29.0 Å². The molecule has 4 rings (SSSR count). The zero-order valence-electron chi connectivity index (χ0n) is 21.7. The van der Waals surface area contributed by atoms with Gasteiger partial charge in [0, 0.05) is 5.56 Å². The molecule has 1 fully saturated rings. The van der Waals surface area contributed by atoms with Gasteiger partial charge in [0.25, 0.3) is 11.1 Å². The summed E-state index contributed by atoms with van der Waals surface area (Å²) in [4.78, 5) is 23.5. The number of hydrogen-bond donors (Lipinski definition) is 1. The van der Waals surface area contributed by atoms with Crippen molar-refractivity contribution in [2.75, 3.05) is 13.2 Å². The number of allylic oxidation sites excluding steroid dienone is 1. The predicted molar refractivity (Wildman–Crippen MR) is 144 cm³/mol. The van der Waals surface area contributed by atoms with Gasteiger partial charge in [0.1, 0.15) is 36.1 Å². The fourth-order valence-corrected chi connectivity index (χ4v) is 5.04. The maximum absolute atomic E-state index is 11.7. The van der Waals surface area contributed by atoms with Crippen LogP contribution >= 0.6 is 11.8 Å². The third kappa shape index (κ3) is 5.62. The molecule has 1 N–H and O–H groups in total. The van der Waals surface area contributed by atoms with Crippen LogP contribution in [0.3, 0.4) is 0 Å². The van der Waals surface area contributed by atoms with Gasteiger partial charge in [-0.25, -0.2) is 0 Å². The summed E-state index contributed by atoms with van der Waals surface area (Å²) < 4.78 is 18.8. The number of imide groups is 1. The molecule has 2 aromatic rings. The molecule has 2 heterocycles. The van der Waals surface area contributed by atoms with Gasteiger partial charge in [-0.3, -0.25) is 14.9 Å². The average molecular weight is 508 g/mol. The van der Waals surface area contributed by atoms with Gasteiger partial charge in [0.15, 0.2) is 0 Å². The molecule has 1 saturated heterocycles. The van der Waals surface area contributed by atoms with E-state index in [1.807, 2.05) is 24.3 Å². The first kappa shape index (κ1) is 25.9. The minimum absolute atomic E-state index is 0.346. The molecular weight excluding hydrogens is 474 g/mol. The van der Waals surface area contributed by atoms with Gasteiger partial charge in [0.05, 0.1) is 4.91 Å². The second-order valence-electron chi connectivity index (χ2n) is 9.87. The van der Waals surface area contributed by atoms with Gasteiger partial charge >= 0.3 is 0 Å². The van der Waals surface area contributed by atoms with E-state index in [1.165, 1.54) is 11.1 Å². The van der Waals surface area contributed by atoms with Crippen molar-refractivity contribution in [3.8, 4) is 17.2 Å². The lowest BCUT2D eigenvalue weighted by atomic mass is 9.87. The van der Waals surface area contributed by atoms with Crippen LogP contribution in [0.15, 0.2) is 40.8 Å². The smallest absolute Gasteiger partial charge is 0.290 e. The highest BCUT2D eigenvalue weighted by Crippen LogP contribution is 2.44. The molecule has 0 spiro atoms. The Hall–Kier alpha value is -3.19. The molecule has 36 heavy (non-hydrogen) atoms. The van der Waals surface area contributed by atoms with E-state index in [4.69, 9.17) is 14.2 Å². The monoisotopic (exact) mass is 507 g/mol. The Morgan fingerprint density at radius 1 is 1.08 bits per heavy atom. The number of carbonyl (C=O) groups is 2. The number of thioether (sulfide) groups is 1. The van der Waals surface area contributed by atoms with E-state index < -0.39 is 5.60 Å². The maximum atomic E-state index is 11.7. The van der Waals surface area contributed by atoms with Gasteiger partial charge in [-0.1, -0.05) is 17.7 Å². The molecule has 2 aliphatic heterocycles. The van der Waals surface area contributed by atoms with Crippen LogP contribution in [-0.2, 0) is 11.2 Å². The molecule has 2 amide bonds. The Labute approximate surface area is 217 Å². The van der Waals surface area contributed by atoms with Crippen LogP contribution < -0.4 is 19.5 Å². The molecule has 1 atom stereocenters. The number of nitrogens with one attached hydrogen (secondary N) is 1. The van der Waals surface area contributed by atoms with Crippen molar-refractivity contribution in [1.82, 2.24) is 5.32 Å². The third-order valence-electron chi connectivity index (χ3n) is 6.65. The van der Waals surface area contributed by atoms with Crippen LogP contribution in [0, 0.1) is 20.8 Å². The van der Waals surface area contributed by atoms with Crippen molar-refractivity contribution in [2.45, 2.75) is 60.0 Å². The highest BCUT2D eigenvalue weighted by molar-refractivity contribution is 8.18. The van der Waals surface area contributed by atoms with Crippen LogP contribution in [0.5, 0.6) is 17.2 Å². The van der Waals surface area contributed by atoms with E-state index in [1.54, 1.807) is 6.08 Å². The standard InChI is InChI=1S/C29H33NO5S/c1-17(2)12-14-33-25-18(3)19(4)26-23(20(25)5)11-13-29(6,35-26)16-34-22-9-7-21(8-10-22)15-24-27(31)30-28(32)36-24/h7-10,12,15H,11,13-14,16H2,1-6H3,(H,30,31,32). The van der Waals surface area contributed by atoms with Gasteiger partial charge in [0.2, 0.25) is 0 Å². The number of carbonyl (C=O) groups excluding carboxylic acids is 2. The second-order valence-corrected chi connectivity index (χ2v) is 10.9. The first-order chi connectivity index (χ1) is 17.1. The molecule has 2 aromatic carbocycles. The van der Waals surface area contributed by atoms with Crippen molar-refractivity contribution in [3.63, 3.8) is 0 Å². The van der Waals surface area contributed by atoms with Gasteiger partial charge in [-0.15, -0.1) is 0 Å². The van der Waals surface area contributed by atoms with E-state index in [-0.39, 0.29) is 11.1 Å². The summed E-state index contributed by atoms with van der Waals surface area (Å²) in [5.74, 6) is 2.26. The summed E-state index contributed by atoms with van der Waals surface area (Å²) in [6.45, 7) is 13.5. The van der Waals surface area contributed by atoms with Crippen LogP contribution in [0.25, 0.3) is 6.08 Å². The van der Waals surface area contributed by atoms with Crippen molar-refractivity contribution < 1.29 is 23.8 Å². The second kappa shape index (κ2) is 10.4. The Morgan fingerprint density at radius 2 is 1.81 bits per heavy atom. The number of rotatable bonds is 7. The number of hydrogen-bond acceptors (Lipinski definition) is 6. The molecule has 0 bridgehead atoms. The van der Waals surface area contributed by atoms with E-state index in [0.29, 0.717) is 18.1 Å². The third-order valence-corrected chi connectivity index (χ3v) is 7.46. The SMILES string of the molecule is CC(C)=CCOc1c(C)c(C)c2c(c1C)CCC(C)(COc1ccc(C=C3SC(=O)NC3=O)cc1)O2. The predicted octanol–water partition coefficient (Wildman–Crippen LogP) is 6.44. The fourth-order valence-electron chi connectivity index (χ4n) is 4.36. The fraction of sp³-hybridized carbons (Fsp3) is 0.379. The number of ether oxygens (including phenoxy) is 3. The lowest BCUT2D eigenvalue weighted by molar-refractivity contribution is -0.115. The zero-order chi connectivity index (χ0) is 26.0. The summed E-state index contributed by atoms with van der Waals surface area (Å²) in [5, 5.41) is 1.92. The lowest BCUT2D eigenvalue weighted by Gasteiger charge is -2.38. The molecule has 7 heteroatoms. The molecule has 190 valence electrons. The van der Waals surface area contributed by atoms with E-state index in [0.717, 1.165) is 64.1 Å². The Bertz CT molecular complexity index is 1260. The largest absolute Gasteiger partial charge is 0.489 e. The summed E-state index contributed by atoms with van der Waals surface area (Å²) in [6.07, 6.45) is 5.52. The first-order valence-corrected chi connectivity index (χ1v) is 12.9. The van der Waals surface area contributed by atoms with Crippen molar-refractivity contribution in [3.05, 3.63) is 68.6 Å². The summed E-state index contributed by atoms with van der Waals surface area (Å²) in [7, 11) is 0. The van der Waals surface area contributed by atoms with Crippen molar-refractivity contribution in [2.24, 2.45) is 0 Å². The van der Waals surface area contributed by atoms with Gasteiger partial charge in [-0.2, -0.15) is 0 Å². The average Bonchev–Trinajstić information content (AvgIpc) is 3.15. The molecular formula is C29H33NO5S. The summed E-state index contributed by atoms with van der Waals surface area (Å²) in [5.41, 5.74) is 6.19. The quantitative estimate of drug-likeness (QED) is 0.343. The highest BCUT2D eigenvalue weighted by atomic mass is 32.2. The normalized spacial score (nSPS) is 20.0. The topological polar surface area (TPSA) is 73.9 Å². The molecule has 0 radical (unpaired) electrons. The number of amides is 2. The Kier molecular flexibility index (Phi) is 7.50. The van der Waals surface area contributed by atoms with E-state index >= 15 is 0 Å². The minimum atomic E-state index is -0.458. The van der Waals surface area contributed by atoms with Crippen LogP contribution in [0.2, 0.25) is 0 Å². The summed E-state index contributed by atoms with van der Waals surface area (Å²) in [6, 6.07) is 7.46. The van der Waals surface area contributed by atoms with Crippen LogP contribution in [-0.4, -0.2) is 30.0 Å². The van der Waals surface area contributed by atoms with Gasteiger partial charge in [-0.05, 0) is 113 Å². The molecule has 2 aliphatic rings. The lowest BCUT2D eigenvalue weighted by Crippen LogP contribution is -2.42. The molecule has 0 aliphatic carbocycles. The number of fused-ring (bicyclic) bond motifs is 1. The molecule has 6 nitrogen and oxygen atoms in total. The van der Waals surface area contributed by atoms with Crippen LogP contribution in [0.4, 0.5) is 4.79 Å². The Morgan fingerprint density at radius 3 is 2.44 bits per heavy atom. The van der Waals surface area contributed by atoms with Gasteiger partial charge < -0.3 is 14.2 Å². The highest BCUT2D eigenvalue weighted by Gasteiger charge is 2.35. The maximum Gasteiger partial charge on any atom is 0.290 e.